The van der Waals surface area contributed by atoms with Gasteiger partial charge in [-0.3, -0.25) is 34.0 Å². The fraction of sp³-hybridized carbons (Fsp3) is 0.439. The molecule has 0 unspecified atom stereocenters. The molecule has 1 saturated heterocycles. The third-order valence-electron chi connectivity index (χ3n) is 8.48. The molecule has 1 aliphatic rings. The lowest BCUT2D eigenvalue weighted by molar-refractivity contribution is -0.148. The number of carbonyl (C=O) groups excluding carboxylic acids is 3. The van der Waals surface area contributed by atoms with Crippen molar-refractivity contribution >= 4 is 26.0 Å². The Hall–Kier alpha value is -4.31. The fourth-order valence-electron chi connectivity index (χ4n) is 5.53. The molecule has 52 heavy (non-hydrogen) atoms. The number of nitrogens with zero attached hydrogens (tertiary/aromatic N) is 4. The van der Waals surface area contributed by atoms with E-state index < -0.39 is 8.07 Å². The summed E-state index contributed by atoms with van der Waals surface area (Å²) in [6.07, 6.45) is 0. The fourth-order valence-corrected chi connectivity index (χ4v) is 6.14. The van der Waals surface area contributed by atoms with E-state index in [4.69, 9.17) is 14.2 Å². The minimum Gasteiger partial charge on any atom is -0.460 e. The highest BCUT2D eigenvalue weighted by Crippen LogP contribution is 2.07. The predicted molar refractivity (Wildman–Crippen MR) is 206 cm³/mol. The monoisotopic (exact) mass is 726 g/mol. The van der Waals surface area contributed by atoms with Gasteiger partial charge in [0.15, 0.2) is 0 Å². The number of ether oxygens (including phenoxy) is 3. The van der Waals surface area contributed by atoms with Crippen molar-refractivity contribution in [1.82, 2.24) is 19.6 Å². The number of carbonyl (C=O) groups is 3. The first-order chi connectivity index (χ1) is 25.1. The Bertz CT molecular complexity index is 1500. The first kappa shape index (κ1) is 40.5. The van der Waals surface area contributed by atoms with Crippen LogP contribution in [0.25, 0.3) is 0 Å². The van der Waals surface area contributed by atoms with Gasteiger partial charge in [0.1, 0.15) is 27.9 Å². The van der Waals surface area contributed by atoms with Gasteiger partial charge in [-0.1, -0.05) is 117 Å². The average molecular weight is 727 g/mol. The van der Waals surface area contributed by atoms with Crippen LogP contribution in [0.5, 0.6) is 0 Å². The molecule has 1 fully saturated rings. The van der Waals surface area contributed by atoms with Crippen molar-refractivity contribution in [2.24, 2.45) is 0 Å². The summed E-state index contributed by atoms with van der Waals surface area (Å²) in [5.74, 6) is 2.48. The molecule has 278 valence electrons. The highest BCUT2D eigenvalue weighted by atomic mass is 28.3. The maximum Gasteiger partial charge on any atom is 0.320 e. The Morgan fingerprint density at radius 3 is 1.08 bits per heavy atom. The molecule has 0 radical (unpaired) electrons. The second-order valence-electron chi connectivity index (χ2n) is 14.1. The summed E-state index contributed by atoms with van der Waals surface area (Å²) in [5, 5.41) is 0. The number of rotatable bonds is 13. The summed E-state index contributed by atoms with van der Waals surface area (Å²) in [6, 6.07) is 28.9. The molecule has 10 nitrogen and oxygen atoms in total. The number of hydrogen-bond acceptors (Lipinski definition) is 10. The lowest BCUT2D eigenvalue weighted by Crippen LogP contribution is -2.48. The zero-order valence-corrected chi connectivity index (χ0v) is 32.0. The van der Waals surface area contributed by atoms with Crippen molar-refractivity contribution in [3.8, 4) is 11.5 Å². The van der Waals surface area contributed by atoms with Gasteiger partial charge in [0, 0.05) is 52.4 Å². The van der Waals surface area contributed by atoms with Gasteiger partial charge in [0.2, 0.25) is 0 Å². The molecule has 1 heterocycles. The zero-order valence-electron chi connectivity index (χ0n) is 31.0. The maximum absolute atomic E-state index is 13.1. The van der Waals surface area contributed by atoms with Crippen LogP contribution in [0.3, 0.4) is 0 Å². The summed E-state index contributed by atoms with van der Waals surface area (Å²) in [4.78, 5) is 47.7. The third-order valence-corrected chi connectivity index (χ3v) is 9.41. The summed E-state index contributed by atoms with van der Waals surface area (Å²) in [7, 11) is -1.56. The van der Waals surface area contributed by atoms with Crippen LogP contribution in [0.1, 0.15) is 16.7 Å². The normalized spacial score (nSPS) is 15.7. The second-order valence-corrected chi connectivity index (χ2v) is 18.8. The van der Waals surface area contributed by atoms with Crippen molar-refractivity contribution in [3.63, 3.8) is 0 Å². The van der Waals surface area contributed by atoms with E-state index in [-0.39, 0.29) is 57.4 Å². The van der Waals surface area contributed by atoms with Crippen LogP contribution >= 0.6 is 0 Å². The van der Waals surface area contributed by atoms with E-state index in [2.05, 4.69) is 45.8 Å². The van der Waals surface area contributed by atoms with E-state index in [0.29, 0.717) is 58.9 Å². The van der Waals surface area contributed by atoms with Gasteiger partial charge in [0.05, 0.1) is 26.2 Å². The summed E-state index contributed by atoms with van der Waals surface area (Å²) in [6.45, 7) is 13.0. The second kappa shape index (κ2) is 21.9. The maximum atomic E-state index is 13.1. The largest absolute Gasteiger partial charge is 0.460 e. The molecule has 0 spiro atoms. The molecule has 3 aromatic rings. The van der Waals surface area contributed by atoms with Gasteiger partial charge >= 0.3 is 17.9 Å². The van der Waals surface area contributed by atoms with Gasteiger partial charge in [-0.15, -0.1) is 5.54 Å². The van der Waals surface area contributed by atoms with Gasteiger partial charge in [-0.25, -0.2) is 0 Å². The first-order valence-electron chi connectivity index (χ1n) is 18.1. The first-order valence-corrected chi connectivity index (χ1v) is 21.6. The molecular formula is C41H54N4O6Si. The number of benzene rings is 3. The van der Waals surface area contributed by atoms with E-state index in [1.54, 1.807) is 0 Å². The number of esters is 3. The van der Waals surface area contributed by atoms with E-state index in [9.17, 15) is 14.4 Å². The Labute approximate surface area is 310 Å². The highest BCUT2D eigenvalue weighted by Gasteiger charge is 2.22. The Kier molecular flexibility index (Phi) is 17.0. The lowest BCUT2D eigenvalue weighted by Gasteiger charge is -2.33. The van der Waals surface area contributed by atoms with Crippen LogP contribution in [0.4, 0.5) is 0 Å². The van der Waals surface area contributed by atoms with Crippen molar-refractivity contribution in [3.05, 3.63) is 108 Å². The molecule has 3 aromatic carbocycles. The Balaban J connectivity index is 1.45. The molecule has 0 aromatic heterocycles. The van der Waals surface area contributed by atoms with Crippen molar-refractivity contribution in [1.29, 1.82) is 0 Å². The molecule has 0 bridgehead atoms. The summed E-state index contributed by atoms with van der Waals surface area (Å²) in [5.41, 5.74) is 6.26. The molecule has 0 amide bonds. The van der Waals surface area contributed by atoms with Crippen molar-refractivity contribution in [2.45, 2.75) is 39.5 Å². The molecule has 0 N–H and O–H groups in total. The quantitative estimate of drug-likeness (QED) is 0.110. The van der Waals surface area contributed by atoms with E-state index in [0.717, 1.165) is 16.7 Å². The van der Waals surface area contributed by atoms with Gasteiger partial charge in [-0.2, -0.15) is 0 Å². The van der Waals surface area contributed by atoms with Gasteiger partial charge < -0.3 is 14.2 Å². The molecule has 0 atom stereocenters. The van der Waals surface area contributed by atoms with Crippen molar-refractivity contribution < 1.29 is 28.6 Å². The minimum absolute atomic E-state index is 0.0871. The topological polar surface area (TPSA) is 91.9 Å². The molecule has 0 saturated carbocycles. The summed E-state index contributed by atoms with van der Waals surface area (Å²) < 4.78 is 16.9. The minimum atomic E-state index is -1.56. The van der Waals surface area contributed by atoms with E-state index >= 15 is 0 Å². The van der Waals surface area contributed by atoms with E-state index in [1.165, 1.54) is 0 Å². The Morgan fingerprint density at radius 1 is 0.500 bits per heavy atom. The van der Waals surface area contributed by atoms with Crippen LogP contribution in [-0.4, -0.2) is 124 Å². The number of hydrogen-bond donors (Lipinski definition) is 0. The van der Waals surface area contributed by atoms with Crippen LogP contribution in [0.15, 0.2) is 91.0 Å². The van der Waals surface area contributed by atoms with Crippen LogP contribution < -0.4 is 0 Å². The van der Waals surface area contributed by atoms with Crippen LogP contribution in [0.2, 0.25) is 19.6 Å². The molecular weight excluding hydrogens is 673 g/mol. The highest BCUT2D eigenvalue weighted by molar-refractivity contribution is 6.83. The van der Waals surface area contributed by atoms with Gasteiger partial charge in [0.25, 0.3) is 0 Å². The zero-order chi connectivity index (χ0) is 37.0. The molecule has 11 heteroatoms. The SMILES string of the molecule is C[Si](C)(C)C#CCN1CCN(CC(=O)OCc2ccccc2)CCN(CC(=O)OCc2ccccc2)CCN(CC(=O)OCc2ccccc2)CC1. The van der Waals surface area contributed by atoms with Crippen molar-refractivity contribution in [2.75, 3.05) is 78.5 Å². The Morgan fingerprint density at radius 2 is 0.788 bits per heavy atom. The predicted octanol–water partition coefficient (Wildman–Crippen LogP) is 4.32. The molecule has 1 aliphatic heterocycles. The third kappa shape index (κ3) is 16.8. The van der Waals surface area contributed by atoms with E-state index in [1.807, 2.05) is 95.9 Å². The van der Waals surface area contributed by atoms with Gasteiger partial charge in [-0.05, 0) is 16.7 Å². The van der Waals surface area contributed by atoms with Crippen LogP contribution in [-0.2, 0) is 48.4 Å². The standard InChI is InChI=1S/C41H54N4O6Si/c1-52(2,3)29-13-20-42-21-23-43(30-39(46)49-33-36-14-7-4-8-15-36)25-27-45(32-41(48)51-35-38-18-11-6-12-19-38)28-26-44(24-22-42)31-40(47)50-34-37-16-9-5-10-17-37/h4-12,14-19H,20-28,30-35H2,1-3H3. The smallest absolute Gasteiger partial charge is 0.320 e. The molecule has 4 rings (SSSR count). The summed E-state index contributed by atoms with van der Waals surface area (Å²) >= 11 is 0. The lowest BCUT2D eigenvalue weighted by atomic mass is 10.2. The van der Waals surface area contributed by atoms with Crippen LogP contribution in [0, 0.1) is 11.5 Å². The average Bonchev–Trinajstić information content (AvgIpc) is 3.14. The molecule has 0 aliphatic carbocycles.